The molecule has 0 amide bonds. The summed E-state index contributed by atoms with van der Waals surface area (Å²) in [5.74, 6) is 2.56. The first-order valence-electron chi connectivity index (χ1n) is 5.15. The van der Waals surface area contributed by atoms with Crippen LogP contribution < -0.4 is 0 Å². The van der Waals surface area contributed by atoms with Gasteiger partial charge in [0.05, 0.1) is 0 Å². The summed E-state index contributed by atoms with van der Waals surface area (Å²) >= 11 is 1.55. The molecule has 5 heteroatoms. The average molecular weight is 236 g/mol. The van der Waals surface area contributed by atoms with Crippen molar-refractivity contribution in [3.8, 4) is 0 Å². The van der Waals surface area contributed by atoms with Crippen LogP contribution in [0.3, 0.4) is 0 Å². The van der Waals surface area contributed by atoms with Crippen molar-refractivity contribution in [3.63, 3.8) is 0 Å². The van der Waals surface area contributed by atoms with Gasteiger partial charge in [0.2, 0.25) is 5.96 Å². The van der Waals surface area contributed by atoms with Crippen molar-refractivity contribution < 1.29 is 5.21 Å². The largest absolute Gasteiger partial charge is 0.408 e. The molecular formula is C11H14N3OS. The van der Waals surface area contributed by atoms with Gasteiger partial charge in [-0.2, -0.15) is 0 Å². The number of oxime groups is 1. The Hall–Kier alpha value is -1.36. The fraction of sp³-hybridized carbons (Fsp3) is 0.273. The highest BCUT2D eigenvalue weighted by Crippen LogP contribution is 2.28. The van der Waals surface area contributed by atoms with E-state index in [9.17, 15) is 0 Å². The van der Waals surface area contributed by atoms with Crippen molar-refractivity contribution in [2.75, 3.05) is 6.54 Å². The summed E-state index contributed by atoms with van der Waals surface area (Å²) in [6, 6.07) is 10.1. The average Bonchev–Trinajstić information content (AvgIpc) is 2.72. The SMILES string of the molecule is CCN1S[CH]N(Cc2ccccc2)C1=NO. The fourth-order valence-electron chi connectivity index (χ4n) is 1.56. The molecule has 1 saturated heterocycles. The lowest BCUT2D eigenvalue weighted by Gasteiger charge is -2.18. The van der Waals surface area contributed by atoms with Crippen molar-refractivity contribution >= 4 is 17.9 Å². The normalized spacial score (nSPS) is 18.4. The Morgan fingerprint density at radius 1 is 1.31 bits per heavy atom. The van der Waals surface area contributed by atoms with Gasteiger partial charge in [-0.3, -0.25) is 4.31 Å². The quantitative estimate of drug-likeness (QED) is 0.497. The number of benzene rings is 1. The molecular weight excluding hydrogens is 222 g/mol. The Morgan fingerprint density at radius 3 is 2.69 bits per heavy atom. The van der Waals surface area contributed by atoms with E-state index in [-0.39, 0.29) is 0 Å². The van der Waals surface area contributed by atoms with Gasteiger partial charge in [-0.05, 0) is 24.4 Å². The summed E-state index contributed by atoms with van der Waals surface area (Å²) < 4.78 is 1.93. The van der Waals surface area contributed by atoms with Gasteiger partial charge in [-0.1, -0.05) is 35.5 Å². The first kappa shape index (κ1) is 11.1. The summed E-state index contributed by atoms with van der Waals surface area (Å²) in [7, 11) is 0. The highest BCUT2D eigenvalue weighted by Gasteiger charge is 2.27. The fourth-order valence-corrected chi connectivity index (χ4v) is 2.34. The first-order valence-corrected chi connectivity index (χ1v) is 5.99. The molecule has 1 aliphatic heterocycles. The lowest BCUT2D eigenvalue weighted by Crippen LogP contribution is -2.31. The van der Waals surface area contributed by atoms with E-state index in [0.29, 0.717) is 5.96 Å². The third-order valence-corrected chi connectivity index (χ3v) is 3.38. The number of hydrogen-bond donors (Lipinski definition) is 1. The molecule has 1 aliphatic rings. The van der Waals surface area contributed by atoms with Crippen molar-refractivity contribution in [3.05, 3.63) is 41.8 Å². The Labute approximate surface area is 99.7 Å². The summed E-state index contributed by atoms with van der Waals surface area (Å²) in [4.78, 5) is 1.93. The van der Waals surface area contributed by atoms with Crippen LogP contribution in [-0.4, -0.2) is 26.9 Å². The summed E-state index contributed by atoms with van der Waals surface area (Å²) in [5, 5.41) is 12.3. The standard InChI is InChI=1S/C11H14N3OS/c1-2-14-11(12-15)13(9-16-14)8-10-6-4-3-5-7-10/h3-7,9,15H,2,8H2,1H3. The van der Waals surface area contributed by atoms with Crippen LogP contribution in [0.4, 0.5) is 0 Å². The van der Waals surface area contributed by atoms with E-state index in [4.69, 9.17) is 5.21 Å². The molecule has 0 atom stereocenters. The Morgan fingerprint density at radius 2 is 2.06 bits per heavy atom. The van der Waals surface area contributed by atoms with Crippen LogP contribution in [0.1, 0.15) is 12.5 Å². The molecule has 1 aromatic rings. The topological polar surface area (TPSA) is 39.1 Å². The molecule has 4 nitrogen and oxygen atoms in total. The second-order valence-electron chi connectivity index (χ2n) is 3.42. The van der Waals surface area contributed by atoms with E-state index in [1.807, 2.05) is 40.2 Å². The summed E-state index contributed by atoms with van der Waals surface area (Å²) in [5.41, 5.74) is 1.19. The third kappa shape index (κ3) is 2.24. The van der Waals surface area contributed by atoms with Crippen LogP contribution in [0.25, 0.3) is 0 Å². The van der Waals surface area contributed by atoms with Gasteiger partial charge in [0.15, 0.2) is 0 Å². The van der Waals surface area contributed by atoms with Crippen molar-refractivity contribution in [1.82, 2.24) is 9.21 Å². The molecule has 0 aliphatic carbocycles. The number of guanidine groups is 1. The predicted molar refractivity (Wildman–Crippen MR) is 65.5 cm³/mol. The molecule has 0 bridgehead atoms. The molecule has 0 unspecified atom stereocenters. The van der Waals surface area contributed by atoms with E-state index < -0.39 is 0 Å². The Bertz CT molecular complexity index is 369. The maximum Gasteiger partial charge on any atom is 0.249 e. The highest BCUT2D eigenvalue weighted by molar-refractivity contribution is 7.99. The maximum absolute atomic E-state index is 8.99. The van der Waals surface area contributed by atoms with Gasteiger partial charge in [0.25, 0.3) is 0 Å². The molecule has 1 radical (unpaired) electrons. The molecule has 1 heterocycles. The first-order chi connectivity index (χ1) is 7.85. The van der Waals surface area contributed by atoms with Crippen LogP contribution in [0.2, 0.25) is 0 Å². The zero-order valence-corrected chi connectivity index (χ0v) is 9.89. The lowest BCUT2D eigenvalue weighted by molar-refractivity contribution is 0.298. The van der Waals surface area contributed by atoms with E-state index >= 15 is 0 Å². The zero-order chi connectivity index (χ0) is 11.4. The molecule has 2 rings (SSSR count). The molecule has 0 saturated carbocycles. The van der Waals surface area contributed by atoms with Crippen LogP contribution in [0.5, 0.6) is 0 Å². The molecule has 0 aromatic heterocycles. The minimum atomic E-state index is 0.594. The molecule has 0 spiro atoms. The van der Waals surface area contributed by atoms with E-state index in [0.717, 1.165) is 13.1 Å². The van der Waals surface area contributed by atoms with Gasteiger partial charge >= 0.3 is 0 Å². The second-order valence-corrected chi connectivity index (χ2v) is 4.28. The Balaban J connectivity index is 2.06. The van der Waals surface area contributed by atoms with Gasteiger partial charge < -0.3 is 10.1 Å². The van der Waals surface area contributed by atoms with Crippen molar-refractivity contribution in [2.24, 2.45) is 5.16 Å². The number of rotatable bonds is 3. The van der Waals surface area contributed by atoms with Gasteiger partial charge in [-0.25, -0.2) is 0 Å². The van der Waals surface area contributed by atoms with E-state index in [2.05, 4.69) is 17.3 Å². The summed E-state index contributed by atoms with van der Waals surface area (Å²) in [6.45, 7) is 3.56. The van der Waals surface area contributed by atoms with Crippen molar-refractivity contribution in [2.45, 2.75) is 13.5 Å². The van der Waals surface area contributed by atoms with Gasteiger partial charge in [0.1, 0.15) is 5.88 Å². The van der Waals surface area contributed by atoms with Crippen LogP contribution in [0.15, 0.2) is 35.5 Å². The second kappa shape index (κ2) is 5.12. The predicted octanol–water partition coefficient (Wildman–Crippen LogP) is 2.34. The maximum atomic E-state index is 8.99. The number of nitrogens with zero attached hydrogens (tertiary/aromatic N) is 3. The molecule has 16 heavy (non-hydrogen) atoms. The molecule has 1 aromatic carbocycles. The van der Waals surface area contributed by atoms with Crippen LogP contribution in [0, 0.1) is 5.88 Å². The number of hydrogen-bond acceptors (Lipinski definition) is 3. The summed E-state index contributed by atoms with van der Waals surface area (Å²) in [6.07, 6.45) is 0. The lowest BCUT2D eigenvalue weighted by atomic mass is 10.2. The minimum absolute atomic E-state index is 0.594. The van der Waals surface area contributed by atoms with Gasteiger partial charge in [0, 0.05) is 13.1 Å². The Kier molecular flexibility index (Phi) is 3.56. The highest BCUT2D eigenvalue weighted by atomic mass is 32.2. The van der Waals surface area contributed by atoms with Crippen molar-refractivity contribution in [1.29, 1.82) is 0 Å². The monoisotopic (exact) mass is 236 g/mol. The smallest absolute Gasteiger partial charge is 0.249 e. The van der Waals surface area contributed by atoms with Crippen LogP contribution >= 0.6 is 11.9 Å². The van der Waals surface area contributed by atoms with E-state index in [1.54, 1.807) is 11.9 Å². The molecule has 1 N–H and O–H groups in total. The molecule has 85 valence electrons. The third-order valence-electron chi connectivity index (χ3n) is 2.35. The van der Waals surface area contributed by atoms with Crippen LogP contribution in [-0.2, 0) is 6.54 Å². The molecule has 1 fully saturated rings. The van der Waals surface area contributed by atoms with E-state index in [1.165, 1.54) is 5.56 Å². The zero-order valence-electron chi connectivity index (χ0n) is 9.08. The van der Waals surface area contributed by atoms with Gasteiger partial charge in [-0.15, -0.1) is 0 Å². The minimum Gasteiger partial charge on any atom is -0.408 e.